The molecule has 14 heavy (non-hydrogen) atoms. The molecule has 1 aromatic rings. The Morgan fingerprint density at radius 2 is 2.43 bits per heavy atom. The van der Waals surface area contributed by atoms with Crippen molar-refractivity contribution in [1.29, 1.82) is 0 Å². The molecule has 5 nitrogen and oxygen atoms in total. The summed E-state index contributed by atoms with van der Waals surface area (Å²) in [6, 6.07) is 0. The summed E-state index contributed by atoms with van der Waals surface area (Å²) in [4.78, 5) is 13.1. The van der Waals surface area contributed by atoms with Crippen molar-refractivity contribution in [1.82, 2.24) is 15.1 Å². The van der Waals surface area contributed by atoms with E-state index >= 15 is 0 Å². The average Bonchev–Trinajstić information content (AvgIpc) is 2.58. The van der Waals surface area contributed by atoms with E-state index in [-0.39, 0.29) is 12.2 Å². The molecule has 2 heterocycles. The first-order chi connectivity index (χ1) is 6.66. The molecule has 1 N–H and O–H groups in total. The van der Waals surface area contributed by atoms with Gasteiger partial charge in [0.15, 0.2) is 0 Å². The molecule has 1 aliphatic heterocycles. The minimum atomic E-state index is -0.260. The second-order valence-electron chi connectivity index (χ2n) is 3.66. The third kappa shape index (κ3) is 1.57. The zero-order valence-corrected chi connectivity index (χ0v) is 8.28. The molecule has 1 aliphatic rings. The first kappa shape index (κ1) is 9.05. The fourth-order valence-electron chi connectivity index (χ4n) is 1.47. The van der Waals surface area contributed by atoms with Crippen molar-refractivity contribution in [3.05, 3.63) is 17.5 Å². The number of hydrogen-bond donors (Lipinski definition) is 1. The van der Waals surface area contributed by atoms with Gasteiger partial charge in [-0.2, -0.15) is 5.10 Å². The molecule has 76 valence electrons. The Morgan fingerprint density at radius 1 is 1.64 bits per heavy atom. The Morgan fingerprint density at radius 3 is 3.07 bits per heavy atom. The van der Waals surface area contributed by atoms with E-state index in [2.05, 4.69) is 10.2 Å². The molecule has 0 atom stereocenters. The van der Waals surface area contributed by atoms with Gasteiger partial charge in [0.05, 0.1) is 31.1 Å². The van der Waals surface area contributed by atoms with Gasteiger partial charge in [-0.25, -0.2) is 4.79 Å². The molecular weight excluding hydrogens is 182 g/mol. The molecule has 0 spiro atoms. The molecule has 0 saturated heterocycles. The largest absolute Gasteiger partial charge is 0.447 e. The number of fused-ring (bicyclic) bond motifs is 1. The second-order valence-corrected chi connectivity index (χ2v) is 3.66. The van der Waals surface area contributed by atoms with Crippen LogP contribution in [0.5, 0.6) is 0 Å². The lowest BCUT2D eigenvalue weighted by Gasteiger charge is -2.17. The number of ether oxygens (including phenoxy) is 1. The summed E-state index contributed by atoms with van der Waals surface area (Å²) in [6.45, 7) is 4.85. The maximum absolute atomic E-state index is 11.5. The quantitative estimate of drug-likeness (QED) is 0.734. The van der Waals surface area contributed by atoms with Gasteiger partial charge in [0, 0.05) is 5.56 Å². The predicted molar refractivity (Wildman–Crippen MR) is 49.5 cm³/mol. The molecule has 2 rings (SSSR count). The Balaban J connectivity index is 1.98. The zero-order chi connectivity index (χ0) is 10.1. The third-order valence-electron chi connectivity index (χ3n) is 2.11. The van der Waals surface area contributed by atoms with E-state index in [0.29, 0.717) is 13.1 Å². The molecule has 0 saturated carbocycles. The summed E-state index contributed by atoms with van der Waals surface area (Å²) in [5, 5.41) is 6.75. The Labute approximate surface area is 82.0 Å². The van der Waals surface area contributed by atoms with Crippen LogP contribution >= 0.6 is 0 Å². The number of nitrogens with zero attached hydrogens (tertiary/aromatic N) is 2. The number of carbonyl (C=O) groups excluding carboxylic acids is 1. The first-order valence-electron chi connectivity index (χ1n) is 4.63. The fourth-order valence-corrected chi connectivity index (χ4v) is 1.47. The van der Waals surface area contributed by atoms with Crippen LogP contribution in [-0.2, 0) is 17.8 Å². The number of nitrogens with one attached hydrogen (secondary N) is 1. The highest BCUT2D eigenvalue weighted by atomic mass is 16.6. The molecule has 0 unspecified atom stereocenters. The van der Waals surface area contributed by atoms with Crippen molar-refractivity contribution < 1.29 is 9.53 Å². The Kier molecular flexibility index (Phi) is 2.15. The number of aromatic amines is 1. The predicted octanol–water partition coefficient (Wildman–Crippen LogP) is 1.27. The van der Waals surface area contributed by atoms with Gasteiger partial charge in [0.1, 0.15) is 0 Å². The van der Waals surface area contributed by atoms with Crippen molar-refractivity contribution in [3.8, 4) is 0 Å². The molecule has 0 fully saturated rings. The van der Waals surface area contributed by atoms with E-state index in [0.717, 1.165) is 11.3 Å². The van der Waals surface area contributed by atoms with Gasteiger partial charge < -0.3 is 4.74 Å². The van der Waals surface area contributed by atoms with Crippen molar-refractivity contribution in [3.63, 3.8) is 0 Å². The molecule has 5 heteroatoms. The fraction of sp³-hybridized carbons (Fsp3) is 0.556. The van der Waals surface area contributed by atoms with E-state index in [1.165, 1.54) is 0 Å². The summed E-state index contributed by atoms with van der Waals surface area (Å²) in [7, 11) is 0. The van der Waals surface area contributed by atoms with Crippen LogP contribution in [0.4, 0.5) is 4.79 Å². The van der Waals surface area contributed by atoms with Crippen LogP contribution in [0, 0.1) is 0 Å². The van der Waals surface area contributed by atoms with E-state index < -0.39 is 0 Å². The van der Waals surface area contributed by atoms with E-state index in [9.17, 15) is 4.79 Å². The number of carbonyl (C=O) groups is 1. The lowest BCUT2D eigenvalue weighted by atomic mass is 10.3. The van der Waals surface area contributed by atoms with E-state index in [1.807, 2.05) is 13.8 Å². The second kappa shape index (κ2) is 3.32. The molecular formula is C9H13N3O2. The normalized spacial score (nSPS) is 14.6. The van der Waals surface area contributed by atoms with Crippen LogP contribution in [0.2, 0.25) is 0 Å². The summed E-state index contributed by atoms with van der Waals surface area (Å²) >= 11 is 0. The highest BCUT2D eigenvalue weighted by Crippen LogP contribution is 2.20. The standard InChI is InChI=1S/C9H13N3O2/c1-6(2)14-9(13)12-4-7-3-10-11-8(7)5-12/h3,6H,4-5H2,1-2H3,(H,10,11). The minimum Gasteiger partial charge on any atom is -0.447 e. The van der Waals surface area contributed by atoms with Crippen LogP contribution in [0.25, 0.3) is 0 Å². The zero-order valence-electron chi connectivity index (χ0n) is 8.28. The average molecular weight is 195 g/mol. The SMILES string of the molecule is CC(C)OC(=O)N1Cc2cn[nH]c2C1. The number of H-pyrrole nitrogens is 1. The first-order valence-corrected chi connectivity index (χ1v) is 4.63. The molecule has 0 bridgehead atoms. The van der Waals surface area contributed by atoms with E-state index in [4.69, 9.17) is 4.74 Å². The number of amides is 1. The van der Waals surface area contributed by atoms with Crippen LogP contribution in [0.3, 0.4) is 0 Å². The van der Waals surface area contributed by atoms with E-state index in [1.54, 1.807) is 11.1 Å². The van der Waals surface area contributed by atoms with Crippen LogP contribution < -0.4 is 0 Å². The highest BCUT2D eigenvalue weighted by molar-refractivity contribution is 5.68. The van der Waals surface area contributed by atoms with Gasteiger partial charge >= 0.3 is 6.09 Å². The summed E-state index contributed by atoms with van der Waals surface area (Å²) in [5.41, 5.74) is 2.08. The molecule has 0 radical (unpaired) electrons. The maximum atomic E-state index is 11.5. The summed E-state index contributed by atoms with van der Waals surface area (Å²) in [6.07, 6.45) is 1.42. The van der Waals surface area contributed by atoms with Gasteiger partial charge in [-0.05, 0) is 13.8 Å². The maximum Gasteiger partial charge on any atom is 0.410 e. The smallest absolute Gasteiger partial charge is 0.410 e. The van der Waals surface area contributed by atoms with Gasteiger partial charge in [0.2, 0.25) is 0 Å². The van der Waals surface area contributed by atoms with Gasteiger partial charge in [-0.1, -0.05) is 0 Å². The van der Waals surface area contributed by atoms with Crippen LogP contribution in [0.1, 0.15) is 25.1 Å². The number of rotatable bonds is 1. The lowest BCUT2D eigenvalue weighted by Crippen LogP contribution is -2.28. The third-order valence-corrected chi connectivity index (χ3v) is 2.11. The van der Waals surface area contributed by atoms with Gasteiger partial charge in [-0.15, -0.1) is 0 Å². The van der Waals surface area contributed by atoms with Crippen molar-refractivity contribution in [2.45, 2.75) is 33.0 Å². The number of hydrogen-bond acceptors (Lipinski definition) is 3. The van der Waals surface area contributed by atoms with Crippen molar-refractivity contribution in [2.24, 2.45) is 0 Å². The van der Waals surface area contributed by atoms with Crippen LogP contribution in [0.15, 0.2) is 6.20 Å². The molecule has 0 aromatic carbocycles. The monoisotopic (exact) mass is 195 g/mol. The highest BCUT2D eigenvalue weighted by Gasteiger charge is 2.26. The van der Waals surface area contributed by atoms with Crippen LogP contribution in [-0.4, -0.2) is 27.3 Å². The summed E-state index contributed by atoms with van der Waals surface area (Å²) in [5.74, 6) is 0. The number of aromatic nitrogens is 2. The summed E-state index contributed by atoms with van der Waals surface area (Å²) < 4.78 is 5.09. The minimum absolute atomic E-state index is 0.0698. The Bertz CT molecular complexity index is 325. The molecule has 1 aromatic heterocycles. The van der Waals surface area contributed by atoms with Crippen molar-refractivity contribution >= 4 is 6.09 Å². The molecule has 1 amide bonds. The molecule has 0 aliphatic carbocycles. The Hall–Kier alpha value is -1.52. The van der Waals surface area contributed by atoms with Gasteiger partial charge in [-0.3, -0.25) is 10.00 Å². The van der Waals surface area contributed by atoms with Crippen molar-refractivity contribution in [2.75, 3.05) is 0 Å². The van der Waals surface area contributed by atoms with Gasteiger partial charge in [0.25, 0.3) is 0 Å². The lowest BCUT2D eigenvalue weighted by molar-refractivity contribution is 0.0756. The topological polar surface area (TPSA) is 58.2 Å².